The molecule has 1 aliphatic heterocycles. The van der Waals surface area contributed by atoms with E-state index in [9.17, 15) is 19.5 Å². The van der Waals surface area contributed by atoms with Crippen molar-refractivity contribution in [3.05, 3.63) is 59.7 Å². The standard InChI is InChI=1S/C25H28N2O6/c1-15(13-22(28)27-11-12-32-16(2)23(27)24(29)30)26-25(31)33-14-21-19-9-5-3-7-17(19)18-8-4-6-10-20(18)21/h3-10,15-16,21,23H,11-14H2,1-2H3,(H,26,31)(H,29,30)/t15-,16?,23?/m1/s1. The quantitative estimate of drug-likeness (QED) is 0.698. The summed E-state index contributed by atoms with van der Waals surface area (Å²) in [4.78, 5) is 38.0. The first-order chi connectivity index (χ1) is 15.9. The van der Waals surface area contributed by atoms with Gasteiger partial charge in [0, 0.05) is 24.9 Å². The van der Waals surface area contributed by atoms with E-state index in [2.05, 4.69) is 17.4 Å². The Bertz CT molecular complexity index is 1010. The number of hydrogen-bond donors (Lipinski definition) is 2. The highest BCUT2D eigenvalue weighted by Gasteiger charge is 2.38. The van der Waals surface area contributed by atoms with Crippen LogP contribution >= 0.6 is 0 Å². The molecule has 2 aromatic carbocycles. The van der Waals surface area contributed by atoms with Crippen LogP contribution in [-0.2, 0) is 19.1 Å². The van der Waals surface area contributed by atoms with Gasteiger partial charge in [0.05, 0.1) is 12.7 Å². The highest BCUT2D eigenvalue weighted by atomic mass is 16.5. The third-order valence-corrected chi connectivity index (χ3v) is 6.26. The Morgan fingerprint density at radius 2 is 1.73 bits per heavy atom. The fourth-order valence-corrected chi connectivity index (χ4v) is 4.71. The Hall–Kier alpha value is -3.39. The summed E-state index contributed by atoms with van der Waals surface area (Å²) < 4.78 is 10.9. The number of nitrogens with zero attached hydrogens (tertiary/aromatic N) is 1. The van der Waals surface area contributed by atoms with Gasteiger partial charge in [0.1, 0.15) is 6.61 Å². The molecule has 0 radical (unpaired) electrons. The van der Waals surface area contributed by atoms with Gasteiger partial charge in [0.2, 0.25) is 5.91 Å². The molecule has 8 heteroatoms. The number of benzene rings is 2. The second-order valence-electron chi connectivity index (χ2n) is 8.52. The van der Waals surface area contributed by atoms with Crippen LogP contribution in [0.3, 0.4) is 0 Å². The summed E-state index contributed by atoms with van der Waals surface area (Å²) >= 11 is 0. The molecule has 2 N–H and O–H groups in total. The predicted octanol–water partition coefficient (Wildman–Crippen LogP) is 3.00. The summed E-state index contributed by atoms with van der Waals surface area (Å²) in [6.07, 6.45) is -1.23. The number of fused-ring (bicyclic) bond motifs is 3. The van der Waals surface area contributed by atoms with E-state index < -0.39 is 30.3 Å². The lowest BCUT2D eigenvalue weighted by atomic mass is 9.98. The lowest BCUT2D eigenvalue weighted by Crippen LogP contribution is -2.57. The molecule has 1 aliphatic carbocycles. The van der Waals surface area contributed by atoms with Crippen molar-refractivity contribution >= 4 is 18.0 Å². The molecule has 8 nitrogen and oxygen atoms in total. The van der Waals surface area contributed by atoms with Gasteiger partial charge < -0.3 is 24.8 Å². The number of aliphatic carboxylic acids is 1. The van der Waals surface area contributed by atoms with Crippen molar-refractivity contribution in [2.75, 3.05) is 19.8 Å². The van der Waals surface area contributed by atoms with Gasteiger partial charge in [-0.25, -0.2) is 9.59 Å². The Labute approximate surface area is 192 Å². The van der Waals surface area contributed by atoms with Gasteiger partial charge in [-0.2, -0.15) is 0 Å². The molecular weight excluding hydrogens is 424 g/mol. The monoisotopic (exact) mass is 452 g/mol. The average molecular weight is 453 g/mol. The van der Waals surface area contributed by atoms with Gasteiger partial charge in [0.25, 0.3) is 0 Å². The Morgan fingerprint density at radius 1 is 1.12 bits per heavy atom. The molecule has 2 aromatic rings. The number of carbonyl (C=O) groups is 3. The molecule has 0 bridgehead atoms. The molecule has 2 unspecified atom stereocenters. The first-order valence-corrected chi connectivity index (χ1v) is 11.1. The number of morpholine rings is 1. The van der Waals surface area contributed by atoms with Gasteiger partial charge >= 0.3 is 12.1 Å². The SMILES string of the molecule is CC1OCCN(C(=O)C[C@@H](C)NC(=O)OCC2c3ccccc3-c3ccccc32)C1C(=O)O. The molecule has 0 aromatic heterocycles. The van der Waals surface area contributed by atoms with Crippen LogP contribution in [-0.4, -0.2) is 65.9 Å². The van der Waals surface area contributed by atoms with E-state index in [1.165, 1.54) is 4.90 Å². The van der Waals surface area contributed by atoms with E-state index in [4.69, 9.17) is 9.47 Å². The van der Waals surface area contributed by atoms with E-state index in [0.29, 0.717) is 0 Å². The minimum absolute atomic E-state index is 0.0271. The van der Waals surface area contributed by atoms with E-state index >= 15 is 0 Å². The molecule has 1 fully saturated rings. The van der Waals surface area contributed by atoms with E-state index in [0.717, 1.165) is 22.3 Å². The fourth-order valence-electron chi connectivity index (χ4n) is 4.71. The minimum atomic E-state index is -1.10. The zero-order valence-electron chi connectivity index (χ0n) is 18.7. The predicted molar refractivity (Wildman–Crippen MR) is 121 cm³/mol. The summed E-state index contributed by atoms with van der Waals surface area (Å²) in [5, 5.41) is 12.1. The third-order valence-electron chi connectivity index (χ3n) is 6.26. The zero-order chi connectivity index (χ0) is 23.5. The van der Waals surface area contributed by atoms with Crippen molar-refractivity contribution in [2.45, 2.75) is 44.4 Å². The van der Waals surface area contributed by atoms with Crippen LogP contribution in [0.1, 0.15) is 37.3 Å². The number of carboxylic acid groups (broad SMARTS) is 1. The highest BCUT2D eigenvalue weighted by Crippen LogP contribution is 2.44. The molecule has 1 heterocycles. The zero-order valence-corrected chi connectivity index (χ0v) is 18.7. The summed E-state index contributed by atoms with van der Waals surface area (Å²) in [5.41, 5.74) is 4.54. The summed E-state index contributed by atoms with van der Waals surface area (Å²) in [6, 6.07) is 14.6. The molecule has 33 heavy (non-hydrogen) atoms. The summed E-state index contributed by atoms with van der Waals surface area (Å²) in [7, 11) is 0. The summed E-state index contributed by atoms with van der Waals surface area (Å²) in [6.45, 7) is 4.00. The Balaban J connectivity index is 1.33. The number of amides is 2. The first-order valence-electron chi connectivity index (χ1n) is 11.1. The van der Waals surface area contributed by atoms with Gasteiger partial charge in [-0.1, -0.05) is 48.5 Å². The molecule has 174 valence electrons. The van der Waals surface area contributed by atoms with Crippen molar-refractivity contribution in [3.8, 4) is 11.1 Å². The number of ether oxygens (including phenoxy) is 2. The molecular formula is C25H28N2O6. The van der Waals surface area contributed by atoms with Crippen LogP contribution in [0.15, 0.2) is 48.5 Å². The van der Waals surface area contributed by atoms with Crippen molar-refractivity contribution in [1.29, 1.82) is 0 Å². The Morgan fingerprint density at radius 3 is 2.33 bits per heavy atom. The Kier molecular flexibility index (Phi) is 6.65. The molecule has 0 saturated carbocycles. The second-order valence-corrected chi connectivity index (χ2v) is 8.52. The van der Waals surface area contributed by atoms with Gasteiger partial charge in [-0.15, -0.1) is 0 Å². The summed E-state index contributed by atoms with van der Waals surface area (Å²) in [5.74, 6) is -1.50. The van der Waals surface area contributed by atoms with Gasteiger partial charge in [-0.3, -0.25) is 4.79 Å². The lowest BCUT2D eigenvalue weighted by molar-refractivity contribution is -0.165. The fraction of sp³-hybridized carbons (Fsp3) is 0.400. The van der Waals surface area contributed by atoms with Crippen LogP contribution in [0.5, 0.6) is 0 Å². The van der Waals surface area contributed by atoms with Crippen molar-refractivity contribution < 1.29 is 29.0 Å². The average Bonchev–Trinajstić information content (AvgIpc) is 3.11. The molecule has 4 rings (SSSR count). The normalized spacial score (nSPS) is 20.5. The largest absolute Gasteiger partial charge is 0.480 e. The maximum absolute atomic E-state index is 12.7. The topological polar surface area (TPSA) is 105 Å². The smallest absolute Gasteiger partial charge is 0.407 e. The number of alkyl carbamates (subject to hydrolysis) is 1. The maximum atomic E-state index is 12.7. The number of rotatable bonds is 6. The molecule has 3 atom stereocenters. The highest BCUT2D eigenvalue weighted by molar-refractivity contribution is 5.85. The molecule has 1 saturated heterocycles. The van der Waals surface area contributed by atoms with E-state index in [1.807, 2.05) is 36.4 Å². The molecule has 2 aliphatic rings. The first kappa shape index (κ1) is 22.8. The van der Waals surface area contributed by atoms with Crippen molar-refractivity contribution in [2.24, 2.45) is 0 Å². The lowest BCUT2D eigenvalue weighted by Gasteiger charge is -2.37. The minimum Gasteiger partial charge on any atom is -0.480 e. The van der Waals surface area contributed by atoms with E-state index in [-0.39, 0.29) is 38.0 Å². The van der Waals surface area contributed by atoms with Crippen LogP contribution in [0.25, 0.3) is 11.1 Å². The second kappa shape index (κ2) is 9.62. The van der Waals surface area contributed by atoms with Crippen LogP contribution in [0.2, 0.25) is 0 Å². The van der Waals surface area contributed by atoms with Crippen molar-refractivity contribution in [1.82, 2.24) is 10.2 Å². The van der Waals surface area contributed by atoms with Crippen molar-refractivity contribution in [3.63, 3.8) is 0 Å². The molecule has 0 spiro atoms. The maximum Gasteiger partial charge on any atom is 0.407 e. The van der Waals surface area contributed by atoms with Crippen LogP contribution in [0.4, 0.5) is 4.79 Å². The van der Waals surface area contributed by atoms with Crippen LogP contribution in [0, 0.1) is 0 Å². The van der Waals surface area contributed by atoms with Gasteiger partial charge in [0.15, 0.2) is 6.04 Å². The van der Waals surface area contributed by atoms with Gasteiger partial charge in [-0.05, 0) is 36.1 Å². The number of nitrogens with one attached hydrogen (secondary N) is 1. The number of carboxylic acids is 1. The van der Waals surface area contributed by atoms with Crippen LogP contribution < -0.4 is 5.32 Å². The third kappa shape index (κ3) is 4.71. The van der Waals surface area contributed by atoms with E-state index in [1.54, 1.807) is 13.8 Å². The number of carbonyl (C=O) groups excluding carboxylic acids is 2. The molecule has 2 amide bonds. The number of hydrogen-bond acceptors (Lipinski definition) is 5.